The fourth-order valence-corrected chi connectivity index (χ4v) is 3.30. The minimum atomic E-state index is -0.380. The Labute approximate surface area is 161 Å². The Balaban J connectivity index is 1.42. The van der Waals surface area contributed by atoms with Gasteiger partial charge in [0.2, 0.25) is 17.7 Å². The Morgan fingerprint density at radius 1 is 1.32 bits per heavy atom. The van der Waals surface area contributed by atoms with Gasteiger partial charge in [-0.3, -0.25) is 14.6 Å². The highest BCUT2D eigenvalue weighted by atomic mass is 16.4. The van der Waals surface area contributed by atoms with Crippen molar-refractivity contribution in [3.63, 3.8) is 0 Å². The highest BCUT2D eigenvalue weighted by Crippen LogP contribution is 2.25. The topological polar surface area (TPSA) is 101 Å². The Bertz CT molecular complexity index is 1040. The Morgan fingerprint density at radius 3 is 3.04 bits per heavy atom. The summed E-state index contributed by atoms with van der Waals surface area (Å²) in [6.07, 6.45) is 3.55. The first-order valence-corrected chi connectivity index (χ1v) is 8.98. The smallest absolute Gasteiger partial charge is 0.266 e. The molecule has 142 valence electrons. The van der Waals surface area contributed by atoms with Crippen molar-refractivity contribution in [3.8, 4) is 11.6 Å². The Hall–Kier alpha value is -3.55. The zero-order valence-electron chi connectivity index (χ0n) is 15.2. The van der Waals surface area contributed by atoms with E-state index in [4.69, 9.17) is 4.42 Å². The van der Waals surface area contributed by atoms with Crippen LogP contribution in [-0.4, -0.2) is 45.0 Å². The SMILES string of the molecule is C=CCN1C[C@H](C(=O)NCc2nnc(-c3nccc4ccccc34)o2)CC1=O. The van der Waals surface area contributed by atoms with Crippen LogP contribution in [0.2, 0.25) is 0 Å². The van der Waals surface area contributed by atoms with E-state index in [2.05, 4.69) is 27.1 Å². The van der Waals surface area contributed by atoms with Gasteiger partial charge >= 0.3 is 0 Å². The molecule has 0 radical (unpaired) electrons. The maximum Gasteiger partial charge on any atom is 0.266 e. The van der Waals surface area contributed by atoms with E-state index in [1.54, 1.807) is 17.2 Å². The molecule has 2 amide bonds. The lowest BCUT2D eigenvalue weighted by atomic mass is 10.1. The maximum absolute atomic E-state index is 12.3. The molecule has 0 unspecified atom stereocenters. The van der Waals surface area contributed by atoms with Crippen molar-refractivity contribution in [1.82, 2.24) is 25.4 Å². The molecule has 28 heavy (non-hydrogen) atoms. The lowest BCUT2D eigenvalue weighted by Gasteiger charge is -2.13. The minimum Gasteiger partial charge on any atom is -0.417 e. The fraction of sp³-hybridized carbons (Fsp3) is 0.250. The van der Waals surface area contributed by atoms with E-state index in [9.17, 15) is 9.59 Å². The van der Waals surface area contributed by atoms with Crippen molar-refractivity contribution in [2.75, 3.05) is 13.1 Å². The van der Waals surface area contributed by atoms with Crippen molar-refractivity contribution in [1.29, 1.82) is 0 Å². The van der Waals surface area contributed by atoms with Crippen LogP contribution in [0.5, 0.6) is 0 Å². The first-order chi connectivity index (χ1) is 13.7. The van der Waals surface area contributed by atoms with Gasteiger partial charge in [0.15, 0.2) is 0 Å². The third kappa shape index (κ3) is 3.48. The van der Waals surface area contributed by atoms with E-state index >= 15 is 0 Å². The predicted molar refractivity (Wildman–Crippen MR) is 102 cm³/mol. The second kappa shape index (κ2) is 7.59. The number of carbonyl (C=O) groups excluding carboxylic acids is 2. The van der Waals surface area contributed by atoms with Crippen LogP contribution < -0.4 is 5.32 Å². The molecule has 8 nitrogen and oxygen atoms in total. The van der Waals surface area contributed by atoms with E-state index in [1.165, 1.54) is 0 Å². The molecule has 0 aliphatic carbocycles. The number of rotatable bonds is 6. The van der Waals surface area contributed by atoms with Crippen molar-refractivity contribution < 1.29 is 14.0 Å². The first kappa shape index (κ1) is 17.8. The van der Waals surface area contributed by atoms with Crippen molar-refractivity contribution >= 4 is 22.6 Å². The highest BCUT2D eigenvalue weighted by molar-refractivity contribution is 5.92. The largest absolute Gasteiger partial charge is 0.417 e. The van der Waals surface area contributed by atoms with E-state index in [1.807, 2.05) is 30.3 Å². The monoisotopic (exact) mass is 377 g/mol. The van der Waals surface area contributed by atoms with Crippen LogP contribution in [0.15, 0.2) is 53.6 Å². The molecule has 1 atom stereocenters. The number of fused-ring (bicyclic) bond motifs is 1. The van der Waals surface area contributed by atoms with Gasteiger partial charge in [0.25, 0.3) is 5.89 Å². The van der Waals surface area contributed by atoms with E-state index in [0.29, 0.717) is 24.7 Å². The minimum absolute atomic E-state index is 0.0397. The molecule has 4 rings (SSSR count). The van der Waals surface area contributed by atoms with Gasteiger partial charge in [-0.1, -0.05) is 30.3 Å². The molecular formula is C20H19N5O3. The molecule has 0 spiro atoms. The lowest BCUT2D eigenvalue weighted by Crippen LogP contribution is -2.32. The van der Waals surface area contributed by atoms with Crippen LogP contribution in [0, 0.1) is 5.92 Å². The van der Waals surface area contributed by atoms with E-state index < -0.39 is 0 Å². The quantitative estimate of drug-likeness (QED) is 0.659. The molecule has 3 aromatic rings. The van der Waals surface area contributed by atoms with Gasteiger partial charge in [-0.2, -0.15) is 0 Å². The Kier molecular flexibility index (Phi) is 4.84. The number of nitrogens with one attached hydrogen (secondary N) is 1. The maximum atomic E-state index is 12.3. The summed E-state index contributed by atoms with van der Waals surface area (Å²) in [5, 5.41) is 12.8. The summed E-state index contributed by atoms with van der Waals surface area (Å²) in [7, 11) is 0. The standard InChI is InChI=1S/C20H19N5O3/c1-2-9-25-12-14(10-17(25)26)19(27)22-11-16-23-24-20(28-16)18-15-6-4-3-5-13(15)7-8-21-18/h2-8,14H,1,9-12H2,(H,22,27)/t14-/m1/s1. The number of aromatic nitrogens is 3. The average Bonchev–Trinajstić information content (AvgIpc) is 3.33. The summed E-state index contributed by atoms with van der Waals surface area (Å²) < 4.78 is 5.68. The summed E-state index contributed by atoms with van der Waals surface area (Å²) >= 11 is 0. The molecular weight excluding hydrogens is 358 g/mol. The number of pyridine rings is 1. The van der Waals surface area contributed by atoms with Gasteiger partial charge in [0.05, 0.1) is 12.5 Å². The van der Waals surface area contributed by atoms with Gasteiger partial charge in [0.1, 0.15) is 5.69 Å². The van der Waals surface area contributed by atoms with Gasteiger partial charge in [-0.15, -0.1) is 16.8 Å². The molecule has 1 aliphatic rings. The summed E-state index contributed by atoms with van der Waals surface area (Å²) in [4.78, 5) is 30.2. The van der Waals surface area contributed by atoms with Crippen LogP contribution in [-0.2, 0) is 16.1 Å². The van der Waals surface area contributed by atoms with E-state index in [-0.39, 0.29) is 36.6 Å². The zero-order valence-corrected chi connectivity index (χ0v) is 15.2. The van der Waals surface area contributed by atoms with Crippen molar-refractivity contribution in [2.24, 2.45) is 5.92 Å². The molecule has 1 fully saturated rings. The number of benzene rings is 1. The number of hydrogen-bond acceptors (Lipinski definition) is 6. The third-order valence-corrected chi connectivity index (χ3v) is 4.69. The summed E-state index contributed by atoms with van der Waals surface area (Å²) in [5.41, 5.74) is 0.602. The van der Waals surface area contributed by atoms with Crippen molar-refractivity contribution in [2.45, 2.75) is 13.0 Å². The number of nitrogens with zero attached hydrogens (tertiary/aromatic N) is 4. The first-order valence-electron chi connectivity index (χ1n) is 8.98. The van der Waals surface area contributed by atoms with Gasteiger partial charge in [-0.25, -0.2) is 0 Å². The molecule has 0 bridgehead atoms. The summed E-state index contributed by atoms with van der Waals surface area (Å²) in [6.45, 7) is 4.57. The van der Waals surface area contributed by atoms with Gasteiger partial charge in [0, 0.05) is 31.1 Å². The molecule has 1 aliphatic heterocycles. The molecule has 8 heteroatoms. The molecule has 1 N–H and O–H groups in total. The van der Waals surface area contributed by atoms with Gasteiger partial charge < -0.3 is 14.6 Å². The van der Waals surface area contributed by atoms with Crippen molar-refractivity contribution in [3.05, 3.63) is 55.1 Å². The second-order valence-corrected chi connectivity index (χ2v) is 6.59. The van der Waals surface area contributed by atoms with Crippen LogP contribution in [0.25, 0.3) is 22.4 Å². The summed E-state index contributed by atoms with van der Waals surface area (Å²) in [5.74, 6) is -0.0423. The van der Waals surface area contributed by atoms with Crippen LogP contribution in [0.4, 0.5) is 0 Å². The number of likely N-dealkylation sites (tertiary alicyclic amines) is 1. The van der Waals surface area contributed by atoms with Crippen LogP contribution in [0.3, 0.4) is 0 Å². The second-order valence-electron chi connectivity index (χ2n) is 6.59. The number of amides is 2. The molecule has 2 aromatic heterocycles. The number of carbonyl (C=O) groups is 2. The fourth-order valence-electron chi connectivity index (χ4n) is 3.30. The lowest BCUT2D eigenvalue weighted by molar-refractivity contribution is -0.128. The number of hydrogen-bond donors (Lipinski definition) is 1. The van der Waals surface area contributed by atoms with Crippen LogP contribution >= 0.6 is 0 Å². The van der Waals surface area contributed by atoms with Crippen LogP contribution in [0.1, 0.15) is 12.3 Å². The predicted octanol–water partition coefficient (Wildman–Crippen LogP) is 1.94. The average molecular weight is 377 g/mol. The van der Waals surface area contributed by atoms with E-state index in [0.717, 1.165) is 10.8 Å². The molecule has 3 heterocycles. The normalized spacial score (nSPS) is 16.5. The molecule has 1 aromatic carbocycles. The zero-order chi connectivity index (χ0) is 19.5. The molecule has 0 saturated carbocycles. The third-order valence-electron chi connectivity index (χ3n) is 4.69. The highest BCUT2D eigenvalue weighted by Gasteiger charge is 2.33. The molecule has 1 saturated heterocycles. The Morgan fingerprint density at radius 2 is 2.18 bits per heavy atom. The van der Waals surface area contributed by atoms with Gasteiger partial charge in [-0.05, 0) is 11.5 Å². The summed E-state index contributed by atoms with van der Waals surface area (Å²) in [6, 6.07) is 9.70.